The molecule has 0 unspecified atom stereocenters. The van der Waals surface area contributed by atoms with E-state index in [-0.39, 0.29) is 17.1 Å². The van der Waals surface area contributed by atoms with Crippen molar-refractivity contribution in [2.75, 3.05) is 5.32 Å². The molecular formula is C8H11ClN4O. The van der Waals surface area contributed by atoms with Crippen molar-refractivity contribution in [2.45, 2.75) is 26.7 Å². The van der Waals surface area contributed by atoms with Crippen LogP contribution in [0.15, 0.2) is 0 Å². The molecule has 0 spiro atoms. The van der Waals surface area contributed by atoms with Gasteiger partial charge in [-0.1, -0.05) is 6.92 Å². The molecule has 0 aliphatic carbocycles. The summed E-state index contributed by atoms with van der Waals surface area (Å²) >= 11 is 5.66. The van der Waals surface area contributed by atoms with Gasteiger partial charge in [0.15, 0.2) is 0 Å². The van der Waals surface area contributed by atoms with Crippen LogP contribution in [0.1, 0.15) is 26.1 Å². The van der Waals surface area contributed by atoms with Gasteiger partial charge in [-0.3, -0.25) is 10.1 Å². The zero-order valence-corrected chi connectivity index (χ0v) is 8.80. The molecule has 76 valence electrons. The summed E-state index contributed by atoms with van der Waals surface area (Å²) in [4.78, 5) is 22.5. The second-order valence-corrected chi connectivity index (χ2v) is 3.11. The summed E-state index contributed by atoms with van der Waals surface area (Å²) in [5.41, 5.74) is 0. The fourth-order valence-electron chi connectivity index (χ4n) is 0.940. The molecule has 14 heavy (non-hydrogen) atoms. The molecule has 0 saturated carbocycles. The second kappa shape index (κ2) is 4.85. The first-order valence-corrected chi connectivity index (χ1v) is 4.67. The maximum absolute atomic E-state index is 10.7. The van der Waals surface area contributed by atoms with Gasteiger partial charge in [-0.2, -0.15) is 9.97 Å². The van der Waals surface area contributed by atoms with E-state index in [0.717, 1.165) is 12.8 Å². The van der Waals surface area contributed by atoms with Gasteiger partial charge in [0, 0.05) is 13.3 Å². The Hall–Kier alpha value is -1.23. The number of aryl methyl sites for hydroxylation is 1. The fourth-order valence-corrected chi connectivity index (χ4v) is 1.12. The number of nitrogens with zero attached hydrogens (tertiary/aromatic N) is 3. The Morgan fingerprint density at radius 2 is 2.14 bits per heavy atom. The SMILES string of the molecule is CCCc1nc(Cl)nc(NC(C)=O)n1. The molecule has 1 aromatic heterocycles. The first kappa shape index (κ1) is 10.8. The average Bonchev–Trinajstić information content (AvgIpc) is 2.01. The lowest BCUT2D eigenvalue weighted by molar-refractivity contribution is -0.114. The Morgan fingerprint density at radius 3 is 2.71 bits per heavy atom. The van der Waals surface area contributed by atoms with Crippen molar-refractivity contribution in [2.24, 2.45) is 0 Å². The molecule has 0 aliphatic heterocycles. The Labute approximate surface area is 86.9 Å². The lowest BCUT2D eigenvalue weighted by Gasteiger charge is -2.02. The quantitative estimate of drug-likeness (QED) is 0.827. The minimum absolute atomic E-state index is 0.104. The van der Waals surface area contributed by atoms with E-state index < -0.39 is 0 Å². The lowest BCUT2D eigenvalue weighted by Crippen LogP contribution is -2.11. The number of hydrogen-bond donors (Lipinski definition) is 1. The van der Waals surface area contributed by atoms with Crippen LogP contribution in [-0.2, 0) is 11.2 Å². The number of halogens is 1. The Bertz CT molecular complexity index is 342. The third kappa shape index (κ3) is 3.26. The van der Waals surface area contributed by atoms with Gasteiger partial charge in [0.2, 0.25) is 17.1 Å². The fraction of sp³-hybridized carbons (Fsp3) is 0.500. The van der Waals surface area contributed by atoms with Gasteiger partial charge in [0.1, 0.15) is 5.82 Å². The Kier molecular flexibility index (Phi) is 3.76. The van der Waals surface area contributed by atoms with Gasteiger partial charge in [0.05, 0.1) is 0 Å². The van der Waals surface area contributed by atoms with Crippen LogP contribution in [0.25, 0.3) is 0 Å². The third-order valence-corrected chi connectivity index (χ3v) is 1.58. The molecule has 1 heterocycles. The Morgan fingerprint density at radius 1 is 1.43 bits per heavy atom. The molecule has 6 heteroatoms. The summed E-state index contributed by atoms with van der Waals surface area (Å²) in [5, 5.41) is 2.56. The van der Waals surface area contributed by atoms with E-state index in [1.54, 1.807) is 0 Å². The first-order chi connectivity index (χ1) is 6.61. The van der Waals surface area contributed by atoms with Gasteiger partial charge in [-0.25, -0.2) is 4.98 Å². The second-order valence-electron chi connectivity index (χ2n) is 2.78. The number of anilines is 1. The van der Waals surface area contributed by atoms with Gasteiger partial charge >= 0.3 is 0 Å². The largest absolute Gasteiger partial charge is 0.295 e. The van der Waals surface area contributed by atoms with E-state index in [4.69, 9.17) is 11.6 Å². The highest BCUT2D eigenvalue weighted by Gasteiger charge is 2.04. The van der Waals surface area contributed by atoms with Crippen LogP contribution < -0.4 is 5.32 Å². The van der Waals surface area contributed by atoms with E-state index in [0.29, 0.717) is 5.82 Å². The van der Waals surface area contributed by atoms with Gasteiger partial charge < -0.3 is 0 Å². The van der Waals surface area contributed by atoms with E-state index in [9.17, 15) is 4.79 Å². The summed E-state index contributed by atoms with van der Waals surface area (Å²) < 4.78 is 0. The predicted octanol–water partition coefficient (Wildman–Crippen LogP) is 1.44. The molecule has 0 saturated heterocycles. The van der Waals surface area contributed by atoms with Crippen LogP contribution in [0.3, 0.4) is 0 Å². The molecule has 0 aliphatic rings. The summed E-state index contributed by atoms with van der Waals surface area (Å²) in [6.45, 7) is 3.40. The van der Waals surface area contributed by atoms with Crippen LogP contribution in [0.2, 0.25) is 5.28 Å². The number of nitrogens with one attached hydrogen (secondary N) is 1. The highest BCUT2D eigenvalue weighted by molar-refractivity contribution is 6.28. The molecule has 0 atom stereocenters. The molecular weight excluding hydrogens is 204 g/mol. The molecule has 1 amide bonds. The van der Waals surface area contributed by atoms with Crippen molar-refractivity contribution in [1.29, 1.82) is 0 Å². The molecule has 0 aromatic carbocycles. The van der Waals surface area contributed by atoms with Crippen molar-refractivity contribution >= 4 is 23.5 Å². The number of carbonyl (C=O) groups excluding carboxylic acids is 1. The zero-order valence-electron chi connectivity index (χ0n) is 8.04. The van der Waals surface area contributed by atoms with E-state index in [2.05, 4.69) is 20.3 Å². The van der Waals surface area contributed by atoms with Crippen LogP contribution in [-0.4, -0.2) is 20.9 Å². The lowest BCUT2D eigenvalue weighted by atomic mass is 10.3. The molecule has 1 aromatic rings. The van der Waals surface area contributed by atoms with Crippen LogP contribution in [0.4, 0.5) is 5.95 Å². The maximum Gasteiger partial charge on any atom is 0.233 e. The number of rotatable bonds is 3. The zero-order chi connectivity index (χ0) is 10.6. The number of amides is 1. The maximum atomic E-state index is 10.7. The highest BCUT2D eigenvalue weighted by atomic mass is 35.5. The summed E-state index contributed by atoms with van der Waals surface area (Å²) in [7, 11) is 0. The van der Waals surface area contributed by atoms with Crippen molar-refractivity contribution in [1.82, 2.24) is 15.0 Å². The number of carbonyl (C=O) groups is 1. The van der Waals surface area contributed by atoms with Gasteiger partial charge in [0.25, 0.3) is 0 Å². The summed E-state index contributed by atoms with van der Waals surface area (Å²) in [5.74, 6) is 0.576. The van der Waals surface area contributed by atoms with Crippen molar-refractivity contribution < 1.29 is 4.79 Å². The molecule has 1 rings (SSSR count). The Balaban J connectivity index is 2.88. The van der Waals surface area contributed by atoms with E-state index in [1.165, 1.54) is 6.92 Å². The van der Waals surface area contributed by atoms with E-state index in [1.807, 2.05) is 6.92 Å². The first-order valence-electron chi connectivity index (χ1n) is 4.30. The van der Waals surface area contributed by atoms with Gasteiger partial charge in [-0.15, -0.1) is 0 Å². The van der Waals surface area contributed by atoms with Crippen molar-refractivity contribution in [3.63, 3.8) is 0 Å². The predicted molar refractivity (Wildman–Crippen MR) is 53.1 cm³/mol. The standard InChI is InChI=1S/C8H11ClN4O/c1-3-4-6-11-7(9)13-8(12-6)10-5(2)14/h3-4H2,1-2H3,(H,10,11,12,13,14). The van der Waals surface area contributed by atoms with Crippen LogP contribution >= 0.6 is 11.6 Å². The number of hydrogen-bond acceptors (Lipinski definition) is 4. The smallest absolute Gasteiger partial charge is 0.233 e. The monoisotopic (exact) mass is 214 g/mol. The molecule has 0 radical (unpaired) electrons. The average molecular weight is 215 g/mol. The molecule has 1 N–H and O–H groups in total. The minimum atomic E-state index is -0.227. The van der Waals surface area contributed by atoms with Crippen LogP contribution in [0.5, 0.6) is 0 Å². The van der Waals surface area contributed by atoms with Crippen LogP contribution in [0, 0.1) is 0 Å². The van der Waals surface area contributed by atoms with Crippen molar-refractivity contribution in [3.8, 4) is 0 Å². The van der Waals surface area contributed by atoms with Gasteiger partial charge in [-0.05, 0) is 18.0 Å². The summed E-state index contributed by atoms with van der Waals surface area (Å²) in [6, 6.07) is 0. The normalized spacial score (nSPS) is 9.93. The molecule has 5 nitrogen and oxygen atoms in total. The molecule has 0 fully saturated rings. The number of aromatic nitrogens is 3. The van der Waals surface area contributed by atoms with Crippen molar-refractivity contribution in [3.05, 3.63) is 11.1 Å². The van der Waals surface area contributed by atoms with E-state index >= 15 is 0 Å². The highest BCUT2D eigenvalue weighted by Crippen LogP contribution is 2.07. The minimum Gasteiger partial charge on any atom is -0.295 e. The third-order valence-electron chi connectivity index (χ3n) is 1.42. The topological polar surface area (TPSA) is 67.8 Å². The molecule has 0 bridgehead atoms. The summed E-state index contributed by atoms with van der Waals surface area (Å²) in [6.07, 6.45) is 1.63.